The Morgan fingerprint density at radius 2 is 0.711 bits per heavy atom. The third kappa shape index (κ3) is 4.10. The number of imide groups is 3. The van der Waals surface area contributed by atoms with E-state index in [1.54, 1.807) is 36.4 Å². The third-order valence-corrected chi connectivity index (χ3v) is 7.51. The van der Waals surface area contributed by atoms with E-state index in [1.807, 2.05) is 0 Å². The summed E-state index contributed by atoms with van der Waals surface area (Å²) in [7, 11) is 0. The van der Waals surface area contributed by atoms with Crippen LogP contribution in [0.1, 0.15) is 82.9 Å². The minimum Gasteiger partial charge on any atom is -0.268 e. The molecule has 0 radical (unpaired) electrons. The average Bonchev–Trinajstić information content (AvgIpc) is 3.56. The maximum atomic E-state index is 13.5. The molecule has 0 unspecified atom stereocenters. The second-order valence-corrected chi connectivity index (χ2v) is 10.1. The SMILES string of the molecule is O=C(NN1C(=O)c2ccccc2C1=O)c1cc(C(=O)NN2C(=O)c3ccccc3C2=O)cc(N2C(=O)c3ccccc3C2=O)c1. The number of hydrazine groups is 2. The first kappa shape index (κ1) is 27.1. The maximum Gasteiger partial charge on any atom is 0.280 e. The first-order chi connectivity index (χ1) is 21.7. The summed E-state index contributed by atoms with van der Waals surface area (Å²) in [6.45, 7) is 0. The molecule has 4 aromatic carbocycles. The molecule has 0 saturated heterocycles. The molecule has 7 rings (SSSR count). The fraction of sp³-hybridized carbons (Fsp3) is 0. The monoisotopic (exact) mass is 599 g/mol. The van der Waals surface area contributed by atoms with Crippen LogP contribution in [0.4, 0.5) is 5.69 Å². The second kappa shape index (κ2) is 9.91. The molecule has 3 heterocycles. The highest BCUT2D eigenvalue weighted by atomic mass is 16.2. The summed E-state index contributed by atoms with van der Waals surface area (Å²) in [6.07, 6.45) is 0. The van der Waals surface area contributed by atoms with E-state index in [0.717, 1.165) is 23.1 Å². The highest BCUT2D eigenvalue weighted by Gasteiger charge is 2.40. The molecule has 8 amide bonds. The van der Waals surface area contributed by atoms with Gasteiger partial charge in [-0.2, -0.15) is 10.0 Å². The smallest absolute Gasteiger partial charge is 0.268 e. The van der Waals surface area contributed by atoms with Gasteiger partial charge in [-0.3, -0.25) is 49.2 Å². The predicted octanol–water partition coefficient (Wildman–Crippen LogP) is 2.37. The summed E-state index contributed by atoms with van der Waals surface area (Å²) < 4.78 is 0. The Hall–Kier alpha value is -6.76. The fourth-order valence-electron chi connectivity index (χ4n) is 5.34. The number of rotatable bonds is 5. The Morgan fingerprint density at radius 3 is 1.02 bits per heavy atom. The van der Waals surface area contributed by atoms with Gasteiger partial charge in [-0.25, -0.2) is 4.90 Å². The molecule has 0 aliphatic carbocycles. The summed E-state index contributed by atoms with van der Waals surface area (Å²) >= 11 is 0. The van der Waals surface area contributed by atoms with Gasteiger partial charge in [0.15, 0.2) is 0 Å². The Labute approximate surface area is 252 Å². The van der Waals surface area contributed by atoms with Gasteiger partial charge in [0, 0.05) is 11.1 Å². The first-order valence-corrected chi connectivity index (χ1v) is 13.4. The van der Waals surface area contributed by atoms with Crippen molar-refractivity contribution in [2.24, 2.45) is 0 Å². The van der Waals surface area contributed by atoms with Gasteiger partial charge in [-0.1, -0.05) is 36.4 Å². The van der Waals surface area contributed by atoms with Gasteiger partial charge in [-0.05, 0) is 54.6 Å². The van der Waals surface area contributed by atoms with Crippen molar-refractivity contribution in [3.05, 3.63) is 136 Å². The van der Waals surface area contributed by atoms with Gasteiger partial charge in [0.1, 0.15) is 0 Å². The van der Waals surface area contributed by atoms with Crippen molar-refractivity contribution >= 4 is 52.9 Å². The number of hydrogen-bond donors (Lipinski definition) is 2. The molecule has 0 bridgehead atoms. The molecule has 3 aliphatic heterocycles. The average molecular weight is 600 g/mol. The largest absolute Gasteiger partial charge is 0.280 e. The van der Waals surface area contributed by atoms with Crippen LogP contribution in [0, 0.1) is 0 Å². The van der Waals surface area contributed by atoms with E-state index in [9.17, 15) is 38.4 Å². The van der Waals surface area contributed by atoms with Crippen LogP contribution < -0.4 is 15.8 Å². The molecule has 0 fully saturated rings. The van der Waals surface area contributed by atoms with E-state index < -0.39 is 47.3 Å². The molecule has 0 spiro atoms. The molecule has 0 saturated carbocycles. The van der Waals surface area contributed by atoms with E-state index in [4.69, 9.17) is 0 Å². The summed E-state index contributed by atoms with van der Waals surface area (Å²) in [5.41, 5.74) is 4.09. The fourth-order valence-corrected chi connectivity index (χ4v) is 5.34. The number of amides is 8. The van der Waals surface area contributed by atoms with Crippen molar-refractivity contribution in [1.29, 1.82) is 0 Å². The molecule has 0 atom stereocenters. The van der Waals surface area contributed by atoms with Crippen LogP contribution in [-0.2, 0) is 0 Å². The minimum atomic E-state index is -1.03. The number of nitrogens with zero attached hydrogens (tertiary/aromatic N) is 3. The zero-order valence-corrected chi connectivity index (χ0v) is 22.8. The third-order valence-electron chi connectivity index (χ3n) is 7.51. The lowest BCUT2D eigenvalue weighted by molar-refractivity contribution is 0.0515. The Kier molecular flexibility index (Phi) is 5.97. The van der Waals surface area contributed by atoms with Gasteiger partial charge in [-0.15, -0.1) is 0 Å². The van der Waals surface area contributed by atoms with E-state index in [2.05, 4.69) is 10.9 Å². The van der Waals surface area contributed by atoms with Crippen molar-refractivity contribution in [3.63, 3.8) is 0 Å². The first-order valence-electron chi connectivity index (χ1n) is 13.4. The lowest BCUT2D eigenvalue weighted by Crippen LogP contribution is -2.46. The number of nitrogens with one attached hydrogen (secondary N) is 2. The van der Waals surface area contributed by atoms with Crippen LogP contribution in [0.2, 0.25) is 0 Å². The molecule has 45 heavy (non-hydrogen) atoms. The Bertz CT molecular complexity index is 1890. The second-order valence-electron chi connectivity index (χ2n) is 10.1. The minimum absolute atomic E-state index is 0.0728. The summed E-state index contributed by atoms with van der Waals surface area (Å²) in [6, 6.07) is 21.3. The zero-order valence-electron chi connectivity index (χ0n) is 22.8. The lowest BCUT2D eigenvalue weighted by atomic mass is 10.1. The van der Waals surface area contributed by atoms with E-state index in [0.29, 0.717) is 10.0 Å². The van der Waals surface area contributed by atoms with Gasteiger partial charge < -0.3 is 0 Å². The summed E-state index contributed by atoms with van der Waals surface area (Å²) in [5.74, 6) is -6.66. The van der Waals surface area contributed by atoms with Crippen LogP contribution in [0.5, 0.6) is 0 Å². The standard InChI is InChI=1S/C32H17N5O8/c38-25(33-36-29(42)21-9-3-4-10-22(21)30(36)43)16-13-17(26(39)34-37-31(44)23-11-5-6-12-24(23)32(37)45)15-18(14-16)35-27(40)19-7-1-2-8-20(19)28(35)41/h1-15H,(H,33,38)(H,34,39). The van der Waals surface area contributed by atoms with Gasteiger partial charge >= 0.3 is 0 Å². The number of fused-ring (bicyclic) bond motifs is 3. The molecule has 3 aliphatic rings. The topological polar surface area (TPSA) is 170 Å². The van der Waals surface area contributed by atoms with Crippen molar-refractivity contribution in [1.82, 2.24) is 20.9 Å². The lowest BCUT2D eigenvalue weighted by Gasteiger charge is -2.20. The Balaban J connectivity index is 1.24. The predicted molar refractivity (Wildman–Crippen MR) is 153 cm³/mol. The van der Waals surface area contributed by atoms with Crippen molar-refractivity contribution < 1.29 is 38.4 Å². The van der Waals surface area contributed by atoms with E-state index in [-0.39, 0.29) is 50.2 Å². The van der Waals surface area contributed by atoms with Crippen LogP contribution in [0.15, 0.2) is 91.0 Å². The van der Waals surface area contributed by atoms with Crippen molar-refractivity contribution in [3.8, 4) is 0 Å². The molecule has 218 valence electrons. The summed E-state index contributed by atoms with van der Waals surface area (Å²) in [4.78, 5) is 106. The highest BCUT2D eigenvalue weighted by Crippen LogP contribution is 2.31. The molecular weight excluding hydrogens is 582 g/mol. The Morgan fingerprint density at radius 1 is 0.422 bits per heavy atom. The quantitative estimate of drug-likeness (QED) is 0.329. The normalized spacial score (nSPS) is 15.0. The van der Waals surface area contributed by atoms with Crippen LogP contribution in [0.25, 0.3) is 0 Å². The zero-order chi connectivity index (χ0) is 31.6. The van der Waals surface area contributed by atoms with Gasteiger partial charge in [0.05, 0.1) is 39.1 Å². The molecule has 13 nitrogen and oxygen atoms in total. The number of hydrogen-bond acceptors (Lipinski definition) is 8. The molecule has 0 aromatic heterocycles. The number of anilines is 1. The van der Waals surface area contributed by atoms with Crippen LogP contribution in [0.3, 0.4) is 0 Å². The molecule has 13 heteroatoms. The van der Waals surface area contributed by atoms with Gasteiger partial charge in [0.25, 0.3) is 47.3 Å². The molecular formula is C32H17N5O8. The van der Waals surface area contributed by atoms with Crippen LogP contribution in [-0.4, -0.2) is 57.3 Å². The van der Waals surface area contributed by atoms with Gasteiger partial charge in [0.2, 0.25) is 0 Å². The number of benzene rings is 4. The van der Waals surface area contributed by atoms with E-state index in [1.165, 1.54) is 36.4 Å². The van der Waals surface area contributed by atoms with Crippen molar-refractivity contribution in [2.45, 2.75) is 0 Å². The highest BCUT2D eigenvalue weighted by molar-refractivity contribution is 6.34. The maximum absolute atomic E-state index is 13.5. The van der Waals surface area contributed by atoms with E-state index >= 15 is 0 Å². The van der Waals surface area contributed by atoms with Crippen LogP contribution >= 0.6 is 0 Å². The summed E-state index contributed by atoms with van der Waals surface area (Å²) in [5, 5.41) is 1.03. The molecule has 4 aromatic rings. The van der Waals surface area contributed by atoms with Crippen molar-refractivity contribution in [2.75, 3.05) is 4.90 Å². The number of carbonyl (C=O) groups is 8. The molecule has 2 N–H and O–H groups in total. The number of carbonyl (C=O) groups excluding carboxylic acids is 8.